The van der Waals surface area contributed by atoms with E-state index in [0.717, 1.165) is 13.0 Å². The predicted molar refractivity (Wildman–Crippen MR) is 88.0 cm³/mol. The van der Waals surface area contributed by atoms with Crippen molar-refractivity contribution in [2.45, 2.75) is 60.8 Å². The lowest BCUT2D eigenvalue weighted by Gasteiger charge is -2.24. The Morgan fingerprint density at radius 3 is 1.90 bits per heavy atom. The van der Waals surface area contributed by atoms with Gasteiger partial charge in [0.05, 0.1) is 0 Å². The number of hydrogen-bond donors (Lipinski definition) is 1. The Bertz CT molecular complexity index is 312. The van der Waals surface area contributed by atoms with Crippen LogP contribution in [0.2, 0.25) is 0 Å². The first kappa shape index (κ1) is 19.9. The minimum Gasteiger partial charge on any atom is -0.354 e. The fourth-order valence-electron chi connectivity index (χ4n) is 2.03. The molecule has 0 bridgehead atoms. The fraction of sp³-hybridized carbons (Fsp3) is 0.882. The molecule has 0 aliphatic carbocycles. The molecule has 0 heterocycles. The average molecular weight is 298 g/mol. The highest BCUT2D eigenvalue weighted by Crippen LogP contribution is 2.07. The van der Waals surface area contributed by atoms with Gasteiger partial charge >= 0.3 is 0 Å². The first-order valence-corrected chi connectivity index (χ1v) is 8.26. The van der Waals surface area contributed by atoms with Crippen molar-refractivity contribution >= 4 is 11.8 Å². The fourth-order valence-corrected chi connectivity index (χ4v) is 2.03. The zero-order chi connectivity index (χ0) is 16.4. The van der Waals surface area contributed by atoms with E-state index >= 15 is 0 Å². The van der Waals surface area contributed by atoms with Crippen molar-refractivity contribution in [3.05, 3.63) is 0 Å². The summed E-state index contributed by atoms with van der Waals surface area (Å²) in [4.78, 5) is 25.8. The van der Waals surface area contributed by atoms with Crippen LogP contribution < -0.4 is 5.32 Å². The van der Waals surface area contributed by atoms with Crippen LogP contribution >= 0.6 is 0 Å². The second-order valence-electron chi connectivity index (χ2n) is 7.11. The van der Waals surface area contributed by atoms with Gasteiger partial charge in [0.15, 0.2) is 0 Å². The molecule has 0 aromatic heterocycles. The highest BCUT2D eigenvalue weighted by molar-refractivity contribution is 5.77. The largest absolute Gasteiger partial charge is 0.354 e. The Morgan fingerprint density at radius 1 is 0.857 bits per heavy atom. The number of hydrogen-bond acceptors (Lipinski definition) is 2. The molecule has 0 unspecified atom stereocenters. The average Bonchev–Trinajstić information content (AvgIpc) is 2.30. The van der Waals surface area contributed by atoms with Crippen molar-refractivity contribution in [1.82, 2.24) is 10.2 Å². The summed E-state index contributed by atoms with van der Waals surface area (Å²) in [7, 11) is 0. The summed E-state index contributed by atoms with van der Waals surface area (Å²) in [5.41, 5.74) is 0. The molecule has 1 N–H and O–H groups in total. The van der Waals surface area contributed by atoms with Gasteiger partial charge in [-0.15, -0.1) is 0 Å². The molecule has 0 aliphatic heterocycles. The molecule has 4 heteroatoms. The molecule has 4 nitrogen and oxygen atoms in total. The van der Waals surface area contributed by atoms with Gasteiger partial charge in [0, 0.05) is 32.5 Å². The van der Waals surface area contributed by atoms with Crippen LogP contribution in [0, 0.1) is 17.8 Å². The first-order valence-electron chi connectivity index (χ1n) is 8.26. The van der Waals surface area contributed by atoms with E-state index in [2.05, 4.69) is 33.0 Å². The monoisotopic (exact) mass is 298 g/mol. The second-order valence-corrected chi connectivity index (χ2v) is 7.11. The maximum absolute atomic E-state index is 12.2. The number of carbonyl (C=O) groups excluding carboxylic acids is 2. The predicted octanol–water partition coefficient (Wildman–Crippen LogP) is 3.07. The summed E-state index contributed by atoms with van der Waals surface area (Å²) in [6.45, 7) is 14.4. The van der Waals surface area contributed by atoms with Gasteiger partial charge in [0.2, 0.25) is 11.8 Å². The Kier molecular flexibility index (Phi) is 10.1. The van der Waals surface area contributed by atoms with Crippen molar-refractivity contribution in [1.29, 1.82) is 0 Å². The Balaban J connectivity index is 4.26. The van der Waals surface area contributed by atoms with E-state index in [-0.39, 0.29) is 11.8 Å². The molecule has 21 heavy (non-hydrogen) atoms. The molecule has 0 saturated carbocycles. The summed E-state index contributed by atoms with van der Waals surface area (Å²) < 4.78 is 0. The minimum absolute atomic E-state index is 0.0742. The normalized spacial score (nSPS) is 11.3. The SMILES string of the molecule is CC(C)CCN(CCNC(=O)CC(C)C)C(=O)CC(C)C. The van der Waals surface area contributed by atoms with E-state index in [4.69, 9.17) is 0 Å². The van der Waals surface area contributed by atoms with Crippen LogP contribution in [-0.2, 0) is 9.59 Å². The highest BCUT2D eigenvalue weighted by Gasteiger charge is 2.15. The van der Waals surface area contributed by atoms with E-state index < -0.39 is 0 Å². The topological polar surface area (TPSA) is 49.4 Å². The molecular formula is C17H34N2O2. The summed E-state index contributed by atoms with van der Waals surface area (Å²) in [5, 5.41) is 2.91. The van der Waals surface area contributed by atoms with Crippen molar-refractivity contribution in [3.8, 4) is 0 Å². The maximum Gasteiger partial charge on any atom is 0.222 e. The van der Waals surface area contributed by atoms with E-state index in [9.17, 15) is 9.59 Å². The molecule has 0 aromatic rings. The van der Waals surface area contributed by atoms with Crippen LogP contribution in [0.3, 0.4) is 0 Å². The van der Waals surface area contributed by atoms with Gasteiger partial charge in [-0.05, 0) is 24.2 Å². The molecule has 0 rings (SSSR count). The van der Waals surface area contributed by atoms with Crippen molar-refractivity contribution < 1.29 is 9.59 Å². The molecule has 0 saturated heterocycles. The summed E-state index contributed by atoms with van der Waals surface area (Å²) in [6.07, 6.45) is 2.13. The molecule has 0 aromatic carbocycles. The van der Waals surface area contributed by atoms with Gasteiger partial charge in [0.25, 0.3) is 0 Å². The third-order valence-electron chi connectivity index (χ3n) is 3.21. The van der Waals surface area contributed by atoms with Crippen molar-refractivity contribution in [2.75, 3.05) is 19.6 Å². The highest BCUT2D eigenvalue weighted by atomic mass is 16.2. The summed E-state index contributed by atoms with van der Waals surface area (Å²) in [6, 6.07) is 0. The molecule has 0 aliphatic rings. The number of carbonyl (C=O) groups is 2. The zero-order valence-electron chi connectivity index (χ0n) is 14.7. The molecule has 0 fully saturated rings. The third-order valence-corrected chi connectivity index (χ3v) is 3.21. The second kappa shape index (κ2) is 10.6. The van der Waals surface area contributed by atoms with E-state index in [0.29, 0.717) is 43.7 Å². The van der Waals surface area contributed by atoms with E-state index in [1.54, 1.807) is 0 Å². The molecule has 0 radical (unpaired) electrons. The molecule has 2 amide bonds. The Labute approximate surface area is 130 Å². The molecule has 0 spiro atoms. The lowest BCUT2D eigenvalue weighted by atomic mass is 10.1. The van der Waals surface area contributed by atoms with Crippen LogP contribution in [0.4, 0.5) is 0 Å². The smallest absolute Gasteiger partial charge is 0.222 e. The maximum atomic E-state index is 12.2. The number of nitrogens with one attached hydrogen (secondary N) is 1. The van der Waals surface area contributed by atoms with E-state index in [1.165, 1.54) is 0 Å². The lowest BCUT2D eigenvalue weighted by molar-refractivity contribution is -0.132. The van der Waals surface area contributed by atoms with Crippen LogP contribution in [-0.4, -0.2) is 36.3 Å². The third kappa shape index (κ3) is 11.3. The summed E-state index contributed by atoms with van der Waals surface area (Å²) >= 11 is 0. The minimum atomic E-state index is 0.0742. The van der Waals surface area contributed by atoms with Crippen LogP contribution in [0.15, 0.2) is 0 Å². The van der Waals surface area contributed by atoms with Crippen molar-refractivity contribution in [3.63, 3.8) is 0 Å². The van der Waals surface area contributed by atoms with Crippen LogP contribution in [0.1, 0.15) is 60.8 Å². The molecule has 124 valence electrons. The number of rotatable bonds is 10. The molecule has 0 atom stereocenters. The number of nitrogens with zero attached hydrogens (tertiary/aromatic N) is 1. The standard InChI is InChI=1S/C17H34N2O2/c1-13(2)7-9-19(17(21)12-15(5)6)10-8-18-16(20)11-14(3)4/h13-15H,7-12H2,1-6H3,(H,18,20). The summed E-state index contributed by atoms with van der Waals surface area (Å²) in [5.74, 6) is 1.59. The van der Waals surface area contributed by atoms with Crippen molar-refractivity contribution in [2.24, 2.45) is 17.8 Å². The van der Waals surface area contributed by atoms with Crippen LogP contribution in [0.5, 0.6) is 0 Å². The lowest BCUT2D eigenvalue weighted by Crippen LogP contribution is -2.40. The first-order chi connectivity index (χ1) is 9.72. The van der Waals surface area contributed by atoms with Gasteiger partial charge < -0.3 is 10.2 Å². The van der Waals surface area contributed by atoms with Gasteiger partial charge in [-0.3, -0.25) is 9.59 Å². The van der Waals surface area contributed by atoms with Gasteiger partial charge in [-0.25, -0.2) is 0 Å². The number of amides is 2. The van der Waals surface area contributed by atoms with Gasteiger partial charge in [-0.2, -0.15) is 0 Å². The quantitative estimate of drug-likeness (QED) is 0.674. The van der Waals surface area contributed by atoms with Crippen LogP contribution in [0.25, 0.3) is 0 Å². The Hall–Kier alpha value is -1.06. The zero-order valence-corrected chi connectivity index (χ0v) is 14.7. The van der Waals surface area contributed by atoms with Gasteiger partial charge in [0.1, 0.15) is 0 Å². The Morgan fingerprint density at radius 2 is 1.43 bits per heavy atom. The van der Waals surface area contributed by atoms with Gasteiger partial charge in [-0.1, -0.05) is 41.5 Å². The molecular weight excluding hydrogens is 264 g/mol. The van der Waals surface area contributed by atoms with E-state index in [1.807, 2.05) is 18.7 Å².